The lowest BCUT2D eigenvalue weighted by Gasteiger charge is -2.17. The molecule has 2 amide bonds. The summed E-state index contributed by atoms with van der Waals surface area (Å²) in [4.78, 5) is 24.9. The third-order valence-corrected chi connectivity index (χ3v) is 6.08. The fourth-order valence-corrected chi connectivity index (χ4v) is 4.70. The molecule has 0 bridgehead atoms. The number of benzene rings is 1. The number of rotatable bonds is 8. The van der Waals surface area contributed by atoms with Gasteiger partial charge >= 0.3 is 11.8 Å². The van der Waals surface area contributed by atoms with Gasteiger partial charge in [0.25, 0.3) is 0 Å². The zero-order chi connectivity index (χ0) is 22.6. The number of hydrogen-bond donors (Lipinski definition) is 2. The van der Waals surface area contributed by atoms with E-state index in [1.807, 2.05) is 19.1 Å². The van der Waals surface area contributed by atoms with Crippen LogP contribution in [0.15, 0.2) is 24.3 Å². The highest BCUT2D eigenvalue weighted by atomic mass is 32.2. The van der Waals surface area contributed by atoms with E-state index in [9.17, 15) is 18.0 Å². The molecule has 0 saturated heterocycles. The van der Waals surface area contributed by atoms with Crippen molar-refractivity contribution >= 4 is 27.5 Å². The molecule has 10 nitrogen and oxygen atoms in total. The fourth-order valence-electron chi connectivity index (χ4n) is 3.20. The van der Waals surface area contributed by atoms with Gasteiger partial charge < -0.3 is 20.1 Å². The maximum atomic E-state index is 12.5. The van der Waals surface area contributed by atoms with Gasteiger partial charge in [0.05, 0.1) is 29.4 Å². The van der Waals surface area contributed by atoms with Crippen molar-refractivity contribution < 1.29 is 27.5 Å². The SMILES string of the molecule is CCOC(CNC(=O)C(=O)Nc1c2c(nn1-c1ccc(C)cc1)CS(=O)(=O)C2)OCC. The van der Waals surface area contributed by atoms with Crippen LogP contribution in [0.2, 0.25) is 0 Å². The van der Waals surface area contributed by atoms with Crippen LogP contribution in [0.1, 0.15) is 30.7 Å². The molecule has 3 rings (SSSR count). The van der Waals surface area contributed by atoms with Crippen LogP contribution >= 0.6 is 0 Å². The number of aryl methyl sites for hydroxylation is 1. The van der Waals surface area contributed by atoms with Gasteiger partial charge in [0.2, 0.25) is 0 Å². The third kappa shape index (κ3) is 5.49. The second kappa shape index (κ2) is 9.58. The van der Waals surface area contributed by atoms with Gasteiger partial charge in [-0.15, -0.1) is 0 Å². The van der Waals surface area contributed by atoms with Gasteiger partial charge in [-0.05, 0) is 32.9 Å². The van der Waals surface area contributed by atoms with Gasteiger partial charge in [0.15, 0.2) is 16.1 Å². The van der Waals surface area contributed by atoms with Crippen molar-refractivity contribution in [2.75, 3.05) is 25.1 Å². The lowest BCUT2D eigenvalue weighted by molar-refractivity contribution is -0.145. The lowest BCUT2D eigenvalue weighted by atomic mass is 10.2. The van der Waals surface area contributed by atoms with Crippen LogP contribution in [0, 0.1) is 6.92 Å². The smallest absolute Gasteiger partial charge is 0.314 e. The summed E-state index contributed by atoms with van der Waals surface area (Å²) in [5.41, 5.74) is 2.43. The molecule has 0 saturated carbocycles. The van der Waals surface area contributed by atoms with Gasteiger partial charge in [-0.25, -0.2) is 13.1 Å². The Labute approximate surface area is 180 Å². The average Bonchev–Trinajstić information content (AvgIpc) is 3.19. The molecule has 0 aliphatic carbocycles. The molecule has 1 aromatic carbocycles. The number of sulfone groups is 1. The second-order valence-corrected chi connectivity index (χ2v) is 9.12. The number of fused-ring (bicyclic) bond motifs is 1. The van der Waals surface area contributed by atoms with E-state index < -0.39 is 27.9 Å². The van der Waals surface area contributed by atoms with Crippen LogP contribution in [0.3, 0.4) is 0 Å². The van der Waals surface area contributed by atoms with Crippen LogP contribution < -0.4 is 10.6 Å². The number of hydrogen-bond acceptors (Lipinski definition) is 7. The normalized spacial score (nSPS) is 14.5. The summed E-state index contributed by atoms with van der Waals surface area (Å²) in [6, 6.07) is 7.35. The van der Waals surface area contributed by atoms with Gasteiger partial charge in [-0.1, -0.05) is 17.7 Å². The van der Waals surface area contributed by atoms with Crippen LogP contribution in [-0.2, 0) is 40.4 Å². The maximum absolute atomic E-state index is 12.5. The first kappa shape index (κ1) is 22.9. The highest BCUT2D eigenvalue weighted by Crippen LogP contribution is 2.32. The van der Waals surface area contributed by atoms with E-state index in [4.69, 9.17) is 9.47 Å². The molecule has 0 unspecified atom stereocenters. The van der Waals surface area contributed by atoms with Gasteiger partial charge in [0.1, 0.15) is 5.82 Å². The summed E-state index contributed by atoms with van der Waals surface area (Å²) in [6.45, 7) is 6.30. The molecule has 2 heterocycles. The number of anilines is 1. The Kier molecular flexibility index (Phi) is 7.08. The Morgan fingerprint density at radius 3 is 2.35 bits per heavy atom. The van der Waals surface area contributed by atoms with E-state index in [0.717, 1.165) is 5.56 Å². The van der Waals surface area contributed by atoms with Crippen LogP contribution in [0.5, 0.6) is 0 Å². The average molecular weight is 451 g/mol. The molecule has 2 aromatic rings. The molecule has 2 N–H and O–H groups in total. The van der Waals surface area contributed by atoms with Crippen molar-refractivity contribution in [3.05, 3.63) is 41.1 Å². The van der Waals surface area contributed by atoms with E-state index in [1.54, 1.807) is 26.0 Å². The Morgan fingerprint density at radius 1 is 1.10 bits per heavy atom. The quantitative estimate of drug-likeness (QED) is 0.455. The first-order valence-corrected chi connectivity index (χ1v) is 11.8. The summed E-state index contributed by atoms with van der Waals surface area (Å²) >= 11 is 0. The molecule has 11 heteroatoms. The molecule has 0 fully saturated rings. The number of ether oxygens (including phenoxy) is 2. The Hall–Kier alpha value is -2.76. The number of amides is 2. The number of aromatic nitrogens is 2. The fraction of sp³-hybridized carbons (Fsp3) is 0.450. The van der Waals surface area contributed by atoms with E-state index in [-0.39, 0.29) is 23.9 Å². The summed E-state index contributed by atoms with van der Waals surface area (Å²) in [7, 11) is -3.34. The molecule has 0 atom stereocenters. The van der Waals surface area contributed by atoms with Crippen LogP contribution in [-0.4, -0.2) is 56.1 Å². The molecule has 1 aliphatic rings. The Bertz CT molecular complexity index is 1060. The minimum absolute atomic E-state index is 0.00234. The molecular weight excluding hydrogens is 424 g/mol. The van der Waals surface area contributed by atoms with Crippen molar-refractivity contribution in [1.29, 1.82) is 0 Å². The number of nitrogens with zero attached hydrogens (tertiary/aromatic N) is 2. The third-order valence-electron chi connectivity index (χ3n) is 4.64. The lowest BCUT2D eigenvalue weighted by Crippen LogP contribution is -2.41. The van der Waals surface area contributed by atoms with Gasteiger partial charge in [-0.3, -0.25) is 9.59 Å². The topological polar surface area (TPSA) is 129 Å². The summed E-state index contributed by atoms with van der Waals surface area (Å²) < 4.78 is 36.2. The molecule has 1 aromatic heterocycles. The monoisotopic (exact) mass is 450 g/mol. The van der Waals surface area contributed by atoms with Crippen molar-refractivity contribution in [3.8, 4) is 5.69 Å². The minimum atomic E-state index is -3.34. The highest BCUT2D eigenvalue weighted by Gasteiger charge is 2.34. The van der Waals surface area contributed by atoms with E-state index >= 15 is 0 Å². The maximum Gasteiger partial charge on any atom is 0.314 e. The molecule has 0 radical (unpaired) electrons. The number of carbonyl (C=O) groups is 2. The molecule has 168 valence electrons. The summed E-state index contributed by atoms with van der Waals surface area (Å²) in [6.07, 6.45) is -0.667. The zero-order valence-electron chi connectivity index (χ0n) is 17.7. The molecular formula is C20H26N4O6S. The molecule has 0 spiro atoms. The first-order valence-electron chi connectivity index (χ1n) is 9.94. The Balaban J connectivity index is 1.80. The van der Waals surface area contributed by atoms with Crippen molar-refractivity contribution in [1.82, 2.24) is 15.1 Å². The van der Waals surface area contributed by atoms with Crippen LogP contribution in [0.25, 0.3) is 5.69 Å². The zero-order valence-corrected chi connectivity index (χ0v) is 18.5. The highest BCUT2D eigenvalue weighted by molar-refractivity contribution is 7.90. The minimum Gasteiger partial charge on any atom is -0.351 e. The van der Waals surface area contributed by atoms with Crippen molar-refractivity contribution in [2.24, 2.45) is 0 Å². The van der Waals surface area contributed by atoms with E-state index in [0.29, 0.717) is 30.2 Å². The standard InChI is InChI=1S/C20H26N4O6S/c1-4-29-17(30-5-2)10-21-19(25)20(26)22-18-15-11-31(27,28)12-16(15)23-24(18)14-8-6-13(3)7-9-14/h6-9,17H,4-5,10-12H2,1-3H3,(H,21,25)(H,22,26). The van der Waals surface area contributed by atoms with E-state index in [1.165, 1.54) is 4.68 Å². The van der Waals surface area contributed by atoms with Crippen LogP contribution in [0.4, 0.5) is 5.82 Å². The predicted octanol–water partition coefficient (Wildman–Crippen LogP) is 1.06. The van der Waals surface area contributed by atoms with Gasteiger partial charge in [0, 0.05) is 18.8 Å². The number of nitrogens with one attached hydrogen (secondary N) is 2. The Morgan fingerprint density at radius 2 is 1.74 bits per heavy atom. The molecule has 1 aliphatic heterocycles. The summed E-state index contributed by atoms with van der Waals surface area (Å²) in [5, 5.41) is 9.37. The summed E-state index contributed by atoms with van der Waals surface area (Å²) in [5.74, 6) is -2.11. The van der Waals surface area contributed by atoms with E-state index in [2.05, 4.69) is 15.7 Å². The first-order chi connectivity index (χ1) is 14.7. The largest absolute Gasteiger partial charge is 0.351 e. The molecule has 31 heavy (non-hydrogen) atoms. The predicted molar refractivity (Wildman–Crippen MR) is 113 cm³/mol. The number of carbonyl (C=O) groups excluding carboxylic acids is 2. The van der Waals surface area contributed by atoms with Gasteiger partial charge in [-0.2, -0.15) is 5.10 Å². The second-order valence-electron chi connectivity index (χ2n) is 7.06. The van der Waals surface area contributed by atoms with Crippen molar-refractivity contribution in [2.45, 2.75) is 38.6 Å². The van der Waals surface area contributed by atoms with Crippen molar-refractivity contribution in [3.63, 3.8) is 0 Å².